The third-order valence-corrected chi connectivity index (χ3v) is 8.24. The maximum absolute atomic E-state index is 13.6. The summed E-state index contributed by atoms with van der Waals surface area (Å²) in [5.74, 6) is -11.4. The van der Waals surface area contributed by atoms with Crippen LogP contribution in [0.25, 0.3) is 0 Å². The predicted octanol–water partition coefficient (Wildman–Crippen LogP) is -3.60. The Labute approximate surface area is 328 Å². The first kappa shape index (κ1) is 47.7. The Morgan fingerprint density at radius 3 is 1.29 bits per heavy atom. The second-order valence-electron chi connectivity index (χ2n) is 12.1. The number of hydrogen-bond acceptors (Lipinski definition) is 15. The Kier molecular flexibility index (Phi) is 17.4. The molecule has 0 aliphatic rings. The molecule has 0 fully saturated rings. The SMILES string of the molecule is NC(=O)CC[C@H](NC(=O)[C@H](Cc1ccc(OS(=O)(=O)O)cc1)NC(=O)[C@H](CC(=O)O)NC(=O)[C@H](Cc1ccc(OS(=O)(=O)O)cc1)NC(=O)[C@@H](N)CC(=O)O)C(=O)O. The Balaban J connectivity index is 2.47. The van der Waals surface area contributed by atoms with Gasteiger partial charge in [-0.05, 0) is 41.8 Å². The standard InChI is InChI=1S/C31H38N6O19S2/c32-19(13-25(39)40)27(43)35-21(11-15-1-5-17(6-2-15)55-57(49,50)51)29(45)37-23(14-26(41)42)30(46)36-22(28(44)34-20(31(47)48)9-10-24(33)38)12-16-3-7-18(8-4-16)56-58(52,53)54/h1-8,19-23H,9-14,32H2,(H2,33,38)(H,34,44)(H,35,43)(H,36,46)(H,37,45)(H,39,40)(H,41,42)(H,47,48)(H,49,50,51)(H,52,53,54)/t19-,20-,21-,22-,23-/m0/s1. The highest BCUT2D eigenvalue weighted by Gasteiger charge is 2.33. The summed E-state index contributed by atoms with van der Waals surface area (Å²) in [6.45, 7) is 0. The van der Waals surface area contributed by atoms with Crippen molar-refractivity contribution in [3.8, 4) is 11.5 Å². The summed E-state index contributed by atoms with van der Waals surface area (Å²) in [4.78, 5) is 99.5. The second-order valence-corrected chi connectivity index (χ2v) is 14.2. The van der Waals surface area contributed by atoms with Gasteiger partial charge >= 0.3 is 38.7 Å². The molecule has 27 heteroatoms. The van der Waals surface area contributed by atoms with Gasteiger partial charge in [-0.15, -0.1) is 0 Å². The van der Waals surface area contributed by atoms with Crippen LogP contribution in [0.4, 0.5) is 0 Å². The zero-order valence-corrected chi connectivity index (χ0v) is 31.3. The molecule has 0 saturated carbocycles. The molecule has 0 aliphatic heterocycles. The Morgan fingerprint density at radius 2 is 0.931 bits per heavy atom. The molecule has 2 aromatic rings. The molecule has 0 bridgehead atoms. The number of carbonyl (C=O) groups is 8. The summed E-state index contributed by atoms with van der Waals surface area (Å²) in [6.07, 6.45) is -4.04. The number of hydrogen-bond donors (Lipinski definition) is 11. The van der Waals surface area contributed by atoms with Crippen LogP contribution in [-0.2, 0) is 72.0 Å². The summed E-state index contributed by atoms with van der Waals surface area (Å²) >= 11 is 0. The van der Waals surface area contributed by atoms with Crippen LogP contribution in [0.2, 0.25) is 0 Å². The van der Waals surface area contributed by atoms with Crippen molar-refractivity contribution < 1.29 is 88.0 Å². The molecule has 5 amide bonds. The van der Waals surface area contributed by atoms with Crippen molar-refractivity contribution in [2.75, 3.05) is 0 Å². The lowest BCUT2D eigenvalue weighted by Crippen LogP contribution is -2.59. The summed E-state index contributed by atoms with van der Waals surface area (Å²) < 4.78 is 70.6. The van der Waals surface area contributed by atoms with Crippen LogP contribution in [0.1, 0.15) is 36.8 Å². The first-order valence-electron chi connectivity index (χ1n) is 16.2. The van der Waals surface area contributed by atoms with Gasteiger partial charge in [-0.1, -0.05) is 24.3 Å². The third kappa shape index (κ3) is 18.0. The molecule has 0 spiro atoms. The maximum atomic E-state index is 13.6. The van der Waals surface area contributed by atoms with E-state index in [1.807, 2.05) is 0 Å². The van der Waals surface area contributed by atoms with E-state index in [-0.39, 0.29) is 22.6 Å². The molecule has 25 nitrogen and oxygen atoms in total. The van der Waals surface area contributed by atoms with E-state index >= 15 is 0 Å². The maximum Gasteiger partial charge on any atom is 0.446 e. The summed E-state index contributed by atoms with van der Waals surface area (Å²) in [5, 5.41) is 36.8. The minimum Gasteiger partial charge on any atom is -0.481 e. The van der Waals surface area contributed by atoms with Gasteiger partial charge in [0.2, 0.25) is 29.5 Å². The number of rotatable bonds is 24. The monoisotopic (exact) mass is 862 g/mol. The van der Waals surface area contributed by atoms with E-state index in [4.69, 9.17) is 25.7 Å². The van der Waals surface area contributed by atoms with E-state index in [0.717, 1.165) is 24.3 Å². The van der Waals surface area contributed by atoms with Crippen LogP contribution in [0.15, 0.2) is 48.5 Å². The number of carboxylic acid groups (broad SMARTS) is 3. The molecule has 0 unspecified atom stereocenters. The summed E-state index contributed by atoms with van der Waals surface area (Å²) in [5.41, 5.74) is 11.0. The largest absolute Gasteiger partial charge is 0.481 e. The van der Waals surface area contributed by atoms with Gasteiger partial charge in [-0.3, -0.25) is 42.7 Å². The van der Waals surface area contributed by atoms with Gasteiger partial charge in [0.25, 0.3) is 0 Å². The number of nitrogens with one attached hydrogen (secondary N) is 4. The quantitative estimate of drug-likeness (QED) is 0.0454. The number of aliphatic carboxylic acids is 3. The smallest absolute Gasteiger partial charge is 0.446 e. The van der Waals surface area contributed by atoms with E-state index < -0.39 is 137 Å². The molecule has 5 atom stereocenters. The van der Waals surface area contributed by atoms with Gasteiger partial charge in [0, 0.05) is 19.3 Å². The number of carboxylic acids is 3. The van der Waals surface area contributed by atoms with Gasteiger partial charge in [0.05, 0.1) is 18.9 Å². The predicted molar refractivity (Wildman–Crippen MR) is 191 cm³/mol. The van der Waals surface area contributed by atoms with Crippen LogP contribution in [-0.4, -0.2) is 119 Å². The molecule has 0 saturated heterocycles. The van der Waals surface area contributed by atoms with Gasteiger partial charge in [0.15, 0.2) is 0 Å². The lowest BCUT2D eigenvalue weighted by atomic mass is 10.0. The molecule has 0 aromatic heterocycles. The summed E-state index contributed by atoms with van der Waals surface area (Å²) in [6, 6.07) is -0.137. The fourth-order valence-electron chi connectivity index (χ4n) is 4.80. The third-order valence-electron chi connectivity index (χ3n) is 7.43. The Morgan fingerprint density at radius 1 is 0.569 bits per heavy atom. The lowest BCUT2D eigenvalue weighted by molar-refractivity contribution is -0.143. The van der Waals surface area contributed by atoms with Crippen LogP contribution >= 0.6 is 0 Å². The molecule has 0 radical (unpaired) electrons. The van der Waals surface area contributed by atoms with Crippen molar-refractivity contribution in [3.63, 3.8) is 0 Å². The van der Waals surface area contributed by atoms with Crippen molar-refractivity contribution >= 4 is 68.2 Å². The highest BCUT2D eigenvalue weighted by Crippen LogP contribution is 2.17. The van der Waals surface area contributed by atoms with Crippen LogP contribution in [0, 0.1) is 0 Å². The van der Waals surface area contributed by atoms with Gasteiger partial charge < -0.3 is 56.4 Å². The highest BCUT2D eigenvalue weighted by atomic mass is 32.3. The first-order valence-corrected chi connectivity index (χ1v) is 19.0. The van der Waals surface area contributed by atoms with Crippen molar-refractivity contribution in [1.82, 2.24) is 21.3 Å². The normalized spacial score (nSPS) is 13.9. The molecule has 0 heterocycles. The van der Waals surface area contributed by atoms with Gasteiger partial charge in [-0.25, -0.2) is 4.79 Å². The van der Waals surface area contributed by atoms with Crippen molar-refractivity contribution in [2.24, 2.45) is 11.5 Å². The minimum absolute atomic E-state index is 0.138. The van der Waals surface area contributed by atoms with E-state index in [1.165, 1.54) is 24.3 Å². The zero-order valence-electron chi connectivity index (χ0n) is 29.7. The van der Waals surface area contributed by atoms with E-state index in [1.54, 1.807) is 0 Å². The zero-order chi connectivity index (χ0) is 44.0. The lowest BCUT2D eigenvalue weighted by Gasteiger charge is -2.26. The van der Waals surface area contributed by atoms with Gasteiger partial charge in [-0.2, -0.15) is 16.8 Å². The topological polar surface area (TPSA) is 425 Å². The Bertz CT molecular complexity index is 2080. The first-order chi connectivity index (χ1) is 26.8. The fourth-order valence-corrected chi connectivity index (χ4v) is 5.51. The molecule has 0 aliphatic carbocycles. The fraction of sp³-hybridized carbons (Fsp3) is 0.355. The van der Waals surface area contributed by atoms with Crippen LogP contribution in [0.3, 0.4) is 0 Å². The second kappa shape index (κ2) is 21.2. The average molecular weight is 863 g/mol. The molecule has 318 valence electrons. The molecule has 2 rings (SSSR count). The molecule has 58 heavy (non-hydrogen) atoms. The molecular formula is C31H38N6O19S2. The number of amides is 5. The van der Waals surface area contributed by atoms with E-state index in [2.05, 4.69) is 29.6 Å². The number of carbonyl (C=O) groups excluding carboxylic acids is 5. The number of primary amides is 1. The number of nitrogens with two attached hydrogens (primary N) is 2. The molecule has 2 aromatic carbocycles. The van der Waals surface area contributed by atoms with Crippen molar-refractivity contribution in [2.45, 2.75) is 68.7 Å². The summed E-state index contributed by atoms with van der Waals surface area (Å²) in [7, 11) is -9.85. The Hall–Kier alpha value is -6.42. The van der Waals surface area contributed by atoms with Crippen LogP contribution < -0.4 is 41.1 Å². The molecule has 13 N–H and O–H groups in total. The average Bonchev–Trinajstić information content (AvgIpc) is 3.08. The number of benzene rings is 2. The minimum atomic E-state index is -4.93. The van der Waals surface area contributed by atoms with Crippen molar-refractivity contribution in [1.29, 1.82) is 0 Å². The van der Waals surface area contributed by atoms with Gasteiger partial charge in [0.1, 0.15) is 35.7 Å². The van der Waals surface area contributed by atoms with E-state index in [9.17, 15) is 65.4 Å². The van der Waals surface area contributed by atoms with Crippen molar-refractivity contribution in [3.05, 3.63) is 59.7 Å². The van der Waals surface area contributed by atoms with Crippen LogP contribution in [0.5, 0.6) is 11.5 Å². The molecular weight excluding hydrogens is 824 g/mol. The highest BCUT2D eigenvalue weighted by molar-refractivity contribution is 7.81. The van der Waals surface area contributed by atoms with E-state index in [0.29, 0.717) is 0 Å².